The lowest BCUT2D eigenvalue weighted by Gasteiger charge is -2.07. The Balaban J connectivity index is 1.74. The number of amides is 1. The number of nitro benzene ring substituents is 1. The maximum absolute atomic E-state index is 11.9. The largest absolute Gasteiger partial charge is 0.368 e. The predicted octanol–water partition coefficient (Wildman–Crippen LogP) is 2.10. The van der Waals surface area contributed by atoms with Gasteiger partial charge >= 0.3 is 0 Å². The van der Waals surface area contributed by atoms with Gasteiger partial charge in [-0.25, -0.2) is 0 Å². The molecule has 0 saturated carbocycles. The Kier molecular flexibility index (Phi) is 3.84. The molecule has 3 rings (SSSR count). The van der Waals surface area contributed by atoms with Crippen molar-refractivity contribution in [3.63, 3.8) is 0 Å². The van der Waals surface area contributed by atoms with Crippen LogP contribution in [0.2, 0.25) is 0 Å². The smallest absolute Gasteiger partial charge is 0.270 e. The molecule has 8 heteroatoms. The normalized spacial score (nSPS) is 17.4. The zero-order valence-electron chi connectivity index (χ0n) is 11.6. The second-order valence-corrected chi connectivity index (χ2v) is 4.97. The van der Waals surface area contributed by atoms with E-state index in [1.807, 2.05) is 0 Å². The fraction of sp³-hybridized carbons (Fsp3) is 0.286. The van der Waals surface area contributed by atoms with Gasteiger partial charge in [0.05, 0.1) is 10.6 Å². The summed E-state index contributed by atoms with van der Waals surface area (Å²) in [5.41, 5.74) is 1.21. The topological polar surface area (TPSA) is 110 Å². The molecular formula is C14H14N4O4. The molecule has 1 aliphatic heterocycles. The predicted molar refractivity (Wildman–Crippen MR) is 78.3 cm³/mol. The van der Waals surface area contributed by atoms with E-state index in [1.165, 1.54) is 12.1 Å². The van der Waals surface area contributed by atoms with Crippen LogP contribution in [-0.2, 0) is 9.53 Å². The lowest BCUT2D eigenvalue weighted by Crippen LogP contribution is -2.26. The van der Waals surface area contributed by atoms with E-state index >= 15 is 0 Å². The third-order valence-electron chi connectivity index (χ3n) is 3.42. The van der Waals surface area contributed by atoms with E-state index in [0.717, 1.165) is 6.42 Å². The maximum Gasteiger partial charge on any atom is 0.270 e. The van der Waals surface area contributed by atoms with Crippen LogP contribution in [0.4, 0.5) is 11.5 Å². The Labute approximate surface area is 125 Å². The van der Waals surface area contributed by atoms with Crippen LogP contribution < -0.4 is 5.32 Å². The van der Waals surface area contributed by atoms with Gasteiger partial charge in [-0.1, -0.05) is 12.1 Å². The Morgan fingerprint density at radius 1 is 1.45 bits per heavy atom. The summed E-state index contributed by atoms with van der Waals surface area (Å²) in [6.45, 7) is 0.595. The second kappa shape index (κ2) is 5.94. The van der Waals surface area contributed by atoms with Crippen molar-refractivity contribution in [2.45, 2.75) is 18.9 Å². The molecule has 2 aromatic rings. The number of hydrogen-bond donors (Lipinski definition) is 2. The monoisotopic (exact) mass is 302 g/mol. The van der Waals surface area contributed by atoms with E-state index in [4.69, 9.17) is 4.74 Å². The molecule has 114 valence electrons. The number of hydrogen-bond acceptors (Lipinski definition) is 5. The van der Waals surface area contributed by atoms with E-state index in [0.29, 0.717) is 30.1 Å². The molecule has 2 N–H and O–H groups in total. The molecular weight excluding hydrogens is 288 g/mol. The van der Waals surface area contributed by atoms with Crippen LogP contribution in [0.25, 0.3) is 11.3 Å². The highest BCUT2D eigenvalue weighted by atomic mass is 16.6. The second-order valence-electron chi connectivity index (χ2n) is 4.97. The van der Waals surface area contributed by atoms with E-state index in [1.54, 1.807) is 18.2 Å². The number of ether oxygens (including phenoxy) is 1. The standard InChI is InChI=1S/C14H14N4O4/c19-14(12-5-2-6-22-12)15-13-8-11(16-17-13)9-3-1-4-10(7-9)18(20)21/h1,3-4,7-8,12H,2,5-6H2,(H2,15,16,17,19)/t12-/m1/s1. The summed E-state index contributed by atoms with van der Waals surface area (Å²) >= 11 is 0. The van der Waals surface area contributed by atoms with Crippen molar-refractivity contribution in [2.24, 2.45) is 0 Å². The minimum absolute atomic E-state index is 0.00274. The highest BCUT2D eigenvalue weighted by molar-refractivity contribution is 5.93. The van der Waals surface area contributed by atoms with E-state index in [-0.39, 0.29) is 11.6 Å². The first-order valence-electron chi connectivity index (χ1n) is 6.86. The maximum atomic E-state index is 11.9. The van der Waals surface area contributed by atoms with Crippen molar-refractivity contribution in [1.29, 1.82) is 0 Å². The van der Waals surface area contributed by atoms with E-state index in [2.05, 4.69) is 15.5 Å². The average Bonchev–Trinajstić information content (AvgIpc) is 3.19. The van der Waals surface area contributed by atoms with Crippen LogP contribution in [0, 0.1) is 10.1 Å². The van der Waals surface area contributed by atoms with Gasteiger partial charge in [0.2, 0.25) is 0 Å². The molecule has 0 aliphatic carbocycles. The van der Waals surface area contributed by atoms with Crippen LogP contribution in [0.1, 0.15) is 12.8 Å². The number of carbonyl (C=O) groups is 1. The molecule has 1 aliphatic rings. The van der Waals surface area contributed by atoms with E-state index in [9.17, 15) is 14.9 Å². The molecule has 0 bridgehead atoms. The van der Waals surface area contributed by atoms with Crippen molar-refractivity contribution in [2.75, 3.05) is 11.9 Å². The number of nitro groups is 1. The summed E-state index contributed by atoms with van der Waals surface area (Å²) in [4.78, 5) is 22.3. The molecule has 1 aromatic heterocycles. The highest BCUT2D eigenvalue weighted by Gasteiger charge is 2.24. The van der Waals surface area contributed by atoms with Gasteiger partial charge in [-0.3, -0.25) is 20.0 Å². The van der Waals surface area contributed by atoms with E-state index < -0.39 is 11.0 Å². The number of aromatic nitrogens is 2. The first-order chi connectivity index (χ1) is 10.6. The van der Waals surface area contributed by atoms with Gasteiger partial charge in [0.1, 0.15) is 6.10 Å². The molecule has 2 heterocycles. The van der Waals surface area contributed by atoms with Crippen molar-refractivity contribution in [1.82, 2.24) is 10.2 Å². The Morgan fingerprint density at radius 3 is 3.05 bits per heavy atom. The first-order valence-corrected chi connectivity index (χ1v) is 6.86. The van der Waals surface area contributed by atoms with Crippen molar-refractivity contribution >= 4 is 17.4 Å². The quantitative estimate of drug-likeness (QED) is 0.663. The van der Waals surface area contributed by atoms with Gasteiger partial charge in [-0.15, -0.1) is 0 Å². The first kappa shape index (κ1) is 14.2. The molecule has 0 unspecified atom stereocenters. The van der Waals surface area contributed by atoms with Crippen LogP contribution in [0.15, 0.2) is 30.3 Å². The SMILES string of the molecule is O=C(Nc1cc(-c2cccc([N+](=O)[O-])c2)[nH]n1)[C@H]1CCCO1. The molecule has 0 spiro atoms. The number of non-ortho nitro benzene ring substituents is 1. The molecule has 0 radical (unpaired) electrons. The summed E-state index contributed by atoms with van der Waals surface area (Å²) in [6, 6.07) is 7.82. The number of aromatic amines is 1. The number of anilines is 1. The molecule has 22 heavy (non-hydrogen) atoms. The number of nitrogens with zero attached hydrogens (tertiary/aromatic N) is 2. The zero-order valence-corrected chi connectivity index (χ0v) is 11.6. The molecule has 1 aromatic carbocycles. The summed E-state index contributed by atoms with van der Waals surface area (Å²) in [5, 5.41) is 20.2. The third kappa shape index (κ3) is 2.96. The summed E-state index contributed by atoms with van der Waals surface area (Å²) in [7, 11) is 0. The Bertz CT molecular complexity index is 706. The molecule has 1 saturated heterocycles. The molecule has 8 nitrogen and oxygen atoms in total. The summed E-state index contributed by atoms with van der Waals surface area (Å²) in [6.07, 6.45) is 1.14. The van der Waals surface area contributed by atoms with Gasteiger partial charge in [-0.05, 0) is 12.8 Å². The van der Waals surface area contributed by atoms with Crippen molar-refractivity contribution < 1.29 is 14.5 Å². The fourth-order valence-corrected chi connectivity index (χ4v) is 2.31. The van der Waals surface area contributed by atoms with Crippen LogP contribution in [-0.4, -0.2) is 33.7 Å². The van der Waals surface area contributed by atoms with Gasteiger partial charge in [-0.2, -0.15) is 5.10 Å². The molecule has 1 atom stereocenters. The number of nitrogens with one attached hydrogen (secondary N) is 2. The summed E-state index contributed by atoms with van der Waals surface area (Å²) < 4.78 is 5.30. The fourth-order valence-electron chi connectivity index (χ4n) is 2.31. The number of carbonyl (C=O) groups excluding carboxylic acids is 1. The van der Waals surface area contributed by atoms with Crippen molar-refractivity contribution in [3.8, 4) is 11.3 Å². The van der Waals surface area contributed by atoms with Gasteiger partial charge < -0.3 is 10.1 Å². The van der Waals surface area contributed by atoms with Gasteiger partial charge in [0, 0.05) is 30.4 Å². The third-order valence-corrected chi connectivity index (χ3v) is 3.42. The molecule has 1 amide bonds. The lowest BCUT2D eigenvalue weighted by atomic mass is 10.1. The molecule has 1 fully saturated rings. The number of benzene rings is 1. The number of H-pyrrole nitrogens is 1. The van der Waals surface area contributed by atoms with Crippen LogP contribution in [0.5, 0.6) is 0 Å². The highest BCUT2D eigenvalue weighted by Crippen LogP contribution is 2.24. The number of rotatable bonds is 4. The van der Waals surface area contributed by atoms with Gasteiger partial charge in [0.15, 0.2) is 5.82 Å². The average molecular weight is 302 g/mol. The Hall–Kier alpha value is -2.74. The summed E-state index contributed by atoms with van der Waals surface area (Å²) in [5.74, 6) is 0.136. The van der Waals surface area contributed by atoms with Crippen LogP contribution >= 0.6 is 0 Å². The Morgan fingerprint density at radius 2 is 2.32 bits per heavy atom. The zero-order chi connectivity index (χ0) is 15.5. The minimum Gasteiger partial charge on any atom is -0.368 e. The van der Waals surface area contributed by atoms with Crippen LogP contribution in [0.3, 0.4) is 0 Å². The van der Waals surface area contributed by atoms with Crippen molar-refractivity contribution in [3.05, 3.63) is 40.4 Å². The minimum atomic E-state index is -0.458. The lowest BCUT2D eigenvalue weighted by molar-refractivity contribution is -0.384. The van der Waals surface area contributed by atoms with Gasteiger partial charge in [0.25, 0.3) is 11.6 Å².